The molecule has 0 aromatic heterocycles. The Balaban J connectivity index is 1.18. The lowest BCUT2D eigenvalue weighted by molar-refractivity contribution is -0.275. The third-order valence-electron chi connectivity index (χ3n) is 6.20. The van der Waals surface area contributed by atoms with Crippen LogP contribution in [0.25, 0.3) is 11.1 Å². The summed E-state index contributed by atoms with van der Waals surface area (Å²) in [5, 5.41) is 0. The quantitative estimate of drug-likeness (QED) is 0.0950. The number of hydrogen-bond donors (Lipinski definition) is 0. The number of carbonyl (C=O) groups excluding carboxylic acids is 1. The third-order valence-corrected chi connectivity index (χ3v) is 6.20. The second kappa shape index (κ2) is 13.1. The van der Waals surface area contributed by atoms with E-state index in [9.17, 15) is 22.4 Å². The van der Waals surface area contributed by atoms with E-state index in [2.05, 4.69) is 11.7 Å². The summed E-state index contributed by atoms with van der Waals surface area (Å²) in [6, 6.07) is 15.9. The Morgan fingerprint density at radius 3 is 2.15 bits per heavy atom. The van der Waals surface area contributed by atoms with Gasteiger partial charge in [-0.3, -0.25) is 0 Å². The summed E-state index contributed by atoms with van der Waals surface area (Å²) in [6.07, 6.45) is -2.14. The number of benzene rings is 3. The van der Waals surface area contributed by atoms with Crippen molar-refractivity contribution in [2.24, 2.45) is 5.41 Å². The van der Waals surface area contributed by atoms with E-state index >= 15 is 0 Å². The summed E-state index contributed by atoms with van der Waals surface area (Å²) in [6.45, 7) is 5.70. The minimum atomic E-state index is -4.98. The highest BCUT2D eigenvalue weighted by Crippen LogP contribution is 2.30. The molecule has 0 bridgehead atoms. The summed E-state index contributed by atoms with van der Waals surface area (Å²) in [5.41, 5.74) is 1.36. The van der Waals surface area contributed by atoms with Gasteiger partial charge in [-0.25, -0.2) is 9.18 Å². The molecule has 3 aromatic carbocycles. The number of halogens is 4. The van der Waals surface area contributed by atoms with Crippen molar-refractivity contribution in [1.29, 1.82) is 0 Å². The van der Waals surface area contributed by atoms with Crippen LogP contribution in [0, 0.1) is 11.2 Å². The van der Waals surface area contributed by atoms with Crippen LogP contribution in [0.3, 0.4) is 0 Å². The van der Waals surface area contributed by atoms with Crippen molar-refractivity contribution in [3.63, 3.8) is 0 Å². The Hall–Kier alpha value is -3.63. The summed E-state index contributed by atoms with van der Waals surface area (Å²) >= 11 is 0. The molecule has 0 atom stereocenters. The van der Waals surface area contributed by atoms with Crippen LogP contribution in [0.5, 0.6) is 17.2 Å². The van der Waals surface area contributed by atoms with Crippen LogP contribution in [0.2, 0.25) is 0 Å². The summed E-state index contributed by atoms with van der Waals surface area (Å²) in [7, 11) is 0. The van der Waals surface area contributed by atoms with Gasteiger partial charge in [0, 0.05) is 12.0 Å². The standard InChI is InChI=1S/C30H30F4O6/c1-29(19-37-20-29)18-36-15-3-2-4-16-38-24-10-7-22(8-11-24)28(35)39-25-12-5-21(6-13-25)23-9-14-27(26(31)17-23)40-30(32,33)34/h5-14,17H,2-4,15-16,18-20H2,1H3. The maximum Gasteiger partial charge on any atom is 0.573 e. The van der Waals surface area contributed by atoms with Crippen molar-refractivity contribution < 1.29 is 46.0 Å². The highest BCUT2D eigenvalue weighted by molar-refractivity contribution is 5.91. The van der Waals surface area contributed by atoms with Crippen molar-refractivity contribution in [2.45, 2.75) is 32.5 Å². The first-order valence-electron chi connectivity index (χ1n) is 12.9. The zero-order valence-electron chi connectivity index (χ0n) is 22.0. The monoisotopic (exact) mass is 562 g/mol. The average Bonchev–Trinajstić information content (AvgIpc) is 2.90. The van der Waals surface area contributed by atoms with E-state index in [1.54, 1.807) is 36.4 Å². The van der Waals surface area contributed by atoms with Crippen LogP contribution in [-0.2, 0) is 9.47 Å². The molecule has 0 saturated carbocycles. The van der Waals surface area contributed by atoms with Gasteiger partial charge in [0.2, 0.25) is 0 Å². The zero-order valence-corrected chi connectivity index (χ0v) is 22.0. The Kier molecular flexibility index (Phi) is 9.65. The van der Waals surface area contributed by atoms with Crippen LogP contribution in [0.1, 0.15) is 36.5 Å². The first-order chi connectivity index (χ1) is 19.1. The van der Waals surface area contributed by atoms with Crippen LogP contribution < -0.4 is 14.2 Å². The molecule has 4 rings (SSSR count). The number of rotatable bonds is 13. The molecule has 1 heterocycles. The van der Waals surface area contributed by atoms with E-state index in [0.717, 1.165) is 57.8 Å². The lowest BCUT2D eigenvalue weighted by atomic mass is 9.90. The van der Waals surface area contributed by atoms with Gasteiger partial charge in [0.05, 0.1) is 32.0 Å². The van der Waals surface area contributed by atoms with Crippen molar-refractivity contribution in [1.82, 2.24) is 0 Å². The molecule has 1 fully saturated rings. The van der Waals surface area contributed by atoms with E-state index < -0.39 is 23.9 Å². The molecular weight excluding hydrogens is 532 g/mol. The molecule has 1 saturated heterocycles. The fourth-order valence-corrected chi connectivity index (χ4v) is 3.98. The number of esters is 1. The van der Waals surface area contributed by atoms with Crippen molar-refractivity contribution >= 4 is 5.97 Å². The van der Waals surface area contributed by atoms with E-state index in [1.165, 1.54) is 18.2 Å². The number of ether oxygens (including phenoxy) is 5. The molecule has 1 aliphatic rings. The van der Waals surface area contributed by atoms with Crippen molar-refractivity contribution in [3.05, 3.63) is 78.1 Å². The summed E-state index contributed by atoms with van der Waals surface area (Å²) < 4.78 is 76.7. The lowest BCUT2D eigenvalue weighted by Gasteiger charge is -2.37. The van der Waals surface area contributed by atoms with Crippen LogP contribution in [-0.4, -0.2) is 45.4 Å². The van der Waals surface area contributed by atoms with Gasteiger partial charge in [0.25, 0.3) is 0 Å². The van der Waals surface area contributed by atoms with E-state index in [0.29, 0.717) is 29.0 Å². The molecule has 0 aliphatic carbocycles. The molecule has 0 unspecified atom stereocenters. The van der Waals surface area contributed by atoms with E-state index in [-0.39, 0.29) is 11.2 Å². The molecule has 214 valence electrons. The molecule has 0 N–H and O–H groups in total. The summed E-state index contributed by atoms with van der Waals surface area (Å²) in [5.74, 6) is -1.72. The molecule has 3 aromatic rings. The van der Waals surface area contributed by atoms with E-state index in [1.807, 2.05) is 0 Å². The molecule has 0 amide bonds. The number of alkyl halides is 3. The van der Waals surface area contributed by atoms with Gasteiger partial charge in [0.1, 0.15) is 11.5 Å². The smallest absolute Gasteiger partial charge is 0.494 e. The van der Waals surface area contributed by atoms with Crippen LogP contribution >= 0.6 is 0 Å². The van der Waals surface area contributed by atoms with Crippen LogP contribution in [0.4, 0.5) is 17.6 Å². The molecular formula is C30H30F4O6. The van der Waals surface area contributed by atoms with Gasteiger partial charge in [-0.2, -0.15) is 0 Å². The maximum absolute atomic E-state index is 14.0. The topological polar surface area (TPSA) is 63.2 Å². The number of hydrogen-bond acceptors (Lipinski definition) is 6. The maximum atomic E-state index is 14.0. The second-order valence-corrected chi connectivity index (χ2v) is 9.90. The second-order valence-electron chi connectivity index (χ2n) is 9.90. The largest absolute Gasteiger partial charge is 0.573 e. The minimum absolute atomic E-state index is 0.172. The normalized spacial score (nSPS) is 14.3. The fourth-order valence-electron chi connectivity index (χ4n) is 3.98. The highest BCUT2D eigenvalue weighted by Gasteiger charge is 2.33. The Morgan fingerprint density at radius 1 is 0.875 bits per heavy atom. The number of carbonyl (C=O) groups is 1. The lowest BCUT2D eigenvalue weighted by Crippen LogP contribution is -2.43. The van der Waals surface area contributed by atoms with Gasteiger partial charge in [-0.1, -0.05) is 25.1 Å². The molecule has 0 radical (unpaired) electrons. The van der Waals surface area contributed by atoms with Gasteiger partial charge < -0.3 is 23.7 Å². The molecule has 40 heavy (non-hydrogen) atoms. The first kappa shape index (κ1) is 29.4. The Bertz CT molecular complexity index is 1250. The first-order valence-corrected chi connectivity index (χ1v) is 12.9. The van der Waals surface area contributed by atoms with Crippen molar-refractivity contribution in [2.75, 3.05) is 33.0 Å². The molecule has 0 spiro atoms. The average molecular weight is 563 g/mol. The van der Waals surface area contributed by atoms with Crippen molar-refractivity contribution in [3.8, 4) is 28.4 Å². The summed E-state index contributed by atoms with van der Waals surface area (Å²) in [4.78, 5) is 12.5. The van der Waals surface area contributed by atoms with Gasteiger partial charge in [-0.05, 0) is 78.9 Å². The van der Waals surface area contributed by atoms with Gasteiger partial charge in [-0.15, -0.1) is 13.2 Å². The molecule has 1 aliphatic heterocycles. The number of unbranched alkanes of at least 4 members (excludes halogenated alkanes) is 2. The van der Waals surface area contributed by atoms with Gasteiger partial charge >= 0.3 is 12.3 Å². The highest BCUT2D eigenvalue weighted by atomic mass is 19.4. The minimum Gasteiger partial charge on any atom is -0.494 e. The molecule has 10 heteroatoms. The van der Waals surface area contributed by atoms with E-state index in [4.69, 9.17) is 18.9 Å². The third kappa shape index (κ3) is 8.69. The Labute approximate surface area is 229 Å². The SMILES string of the molecule is CC1(COCCCCCOc2ccc(C(=O)Oc3ccc(-c4ccc(OC(F)(F)F)c(F)c4)cc3)cc2)COC1. The Morgan fingerprint density at radius 2 is 1.52 bits per heavy atom. The predicted molar refractivity (Wildman–Crippen MR) is 139 cm³/mol. The fraction of sp³-hybridized carbons (Fsp3) is 0.367. The van der Waals surface area contributed by atoms with Gasteiger partial charge in [0.15, 0.2) is 11.6 Å². The predicted octanol–water partition coefficient (Wildman–Crippen LogP) is 7.21. The van der Waals surface area contributed by atoms with Crippen LogP contribution in [0.15, 0.2) is 66.7 Å². The molecule has 6 nitrogen and oxygen atoms in total. The zero-order chi connectivity index (χ0) is 28.6.